The number of fused-ring (bicyclic) bond motifs is 1. The van der Waals surface area contributed by atoms with E-state index in [2.05, 4.69) is 20.6 Å². The first-order valence-corrected chi connectivity index (χ1v) is 6.90. The molecule has 3 aromatic rings. The third-order valence-corrected chi connectivity index (χ3v) is 3.53. The summed E-state index contributed by atoms with van der Waals surface area (Å²) in [5.41, 5.74) is 0.367. The van der Waals surface area contributed by atoms with E-state index in [1.807, 2.05) is 22.8 Å². The topological polar surface area (TPSA) is 92.7 Å². The van der Waals surface area contributed by atoms with E-state index in [0.717, 1.165) is 5.82 Å². The molecule has 0 saturated carbocycles. The van der Waals surface area contributed by atoms with Crippen LogP contribution in [-0.4, -0.2) is 41.2 Å². The van der Waals surface area contributed by atoms with Crippen molar-refractivity contribution in [3.8, 4) is 5.69 Å². The zero-order chi connectivity index (χ0) is 14.9. The molecule has 22 heavy (non-hydrogen) atoms. The molecule has 0 spiro atoms. The maximum Gasteiger partial charge on any atom is 0.368 e. The summed E-state index contributed by atoms with van der Waals surface area (Å²) in [7, 11) is 0. The van der Waals surface area contributed by atoms with Gasteiger partial charge in [0, 0.05) is 6.54 Å². The molecule has 0 saturated heterocycles. The predicted octanol–water partition coefficient (Wildman–Crippen LogP) is -0.401. The molecule has 112 valence electrons. The Bertz CT molecular complexity index is 849. The molecule has 9 heteroatoms. The van der Waals surface area contributed by atoms with Crippen molar-refractivity contribution in [2.45, 2.75) is 19.7 Å². The Morgan fingerprint density at radius 3 is 2.86 bits per heavy atom. The van der Waals surface area contributed by atoms with Crippen LogP contribution >= 0.6 is 0 Å². The lowest BCUT2D eigenvalue weighted by Crippen LogP contribution is -2.27. The third kappa shape index (κ3) is 2.11. The number of aromatic nitrogens is 7. The van der Waals surface area contributed by atoms with Gasteiger partial charge in [-0.05, 0) is 22.6 Å². The molecule has 1 aromatic carbocycles. The monoisotopic (exact) mass is 299 g/mol. The van der Waals surface area contributed by atoms with Crippen molar-refractivity contribution in [1.82, 2.24) is 34.6 Å². The number of ether oxygens (including phenoxy) is 1. The molecule has 0 amide bonds. The molecule has 4 rings (SSSR count). The SMILES string of the molecule is O=c1n(Cc2nnc3n2CCOC3)nnn1-c1ccccc1. The highest BCUT2D eigenvalue weighted by Gasteiger charge is 2.18. The first-order chi connectivity index (χ1) is 10.8. The van der Waals surface area contributed by atoms with Gasteiger partial charge in [0.1, 0.15) is 13.2 Å². The van der Waals surface area contributed by atoms with Crippen LogP contribution in [-0.2, 0) is 24.4 Å². The van der Waals surface area contributed by atoms with Crippen molar-refractivity contribution >= 4 is 0 Å². The Kier molecular flexibility index (Phi) is 3.04. The van der Waals surface area contributed by atoms with E-state index < -0.39 is 0 Å². The third-order valence-electron chi connectivity index (χ3n) is 3.53. The van der Waals surface area contributed by atoms with Crippen LogP contribution in [0, 0.1) is 0 Å². The normalized spacial score (nSPS) is 14.0. The smallest absolute Gasteiger partial charge is 0.368 e. The molecular formula is C13H13N7O2. The molecule has 1 aliphatic rings. The molecule has 0 atom stereocenters. The minimum Gasteiger partial charge on any atom is -0.372 e. The molecule has 0 radical (unpaired) electrons. The first kappa shape index (κ1) is 12.9. The zero-order valence-corrected chi connectivity index (χ0v) is 11.7. The van der Waals surface area contributed by atoms with E-state index >= 15 is 0 Å². The van der Waals surface area contributed by atoms with Crippen LogP contribution < -0.4 is 5.69 Å². The van der Waals surface area contributed by atoms with Gasteiger partial charge >= 0.3 is 5.69 Å². The lowest BCUT2D eigenvalue weighted by Gasteiger charge is -2.14. The van der Waals surface area contributed by atoms with Crippen molar-refractivity contribution in [1.29, 1.82) is 0 Å². The highest BCUT2D eigenvalue weighted by molar-refractivity contribution is 5.28. The molecule has 0 bridgehead atoms. The number of nitrogens with zero attached hydrogens (tertiary/aromatic N) is 7. The van der Waals surface area contributed by atoms with Crippen molar-refractivity contribution in [2.24, 2.45) is 0 Å². The van der Waals surface area contributed by atoms with Crippen LogP contribution in [0.15, 0.2) is 35.1 Å². The van der Waals surface area contributed by atoms with E-state index in [0.29, 0.717) is 31.3 Å². The van der Waals surface area contributed by atoms with Crippen molar-refractivity contribution < 1.29 is 4.74 Å². The Morgan fingerprint density at radius 2 is 2.00 bits per heavy atom. The molecular weight excluding hydrogens is 286 g/mol. The average Bonchev–Trinajstić information content (AvgIpc) is 3.14. The van der Waals surface area contributed by atoms with E-state index in [-0.39, 0.29) is 12.2 Å². The second kappa shape index (κ2) is 5.19. The number of hydrogen-bond donors (Lipinski definition) is 0. The summed E-state index contributed by atoms with van der Waals surface area (Å²) in [5, 5.41) is 16.0. The highest BCUT2D eigenvalue weighted by atomic mass is 16.5. The van der Waals surface area contributed by atoms with Crippen molar-refractivity contribution in [3.05, 3.63) is 52.5 Å². The standard InChI is InChI=1S/C13H13N7O2/c21-13-19(16-17-20(13)10-4-2-1-3-5-10)8-11-14-15-12-9-22-7-6-18(11)12/h1-5H,6-9H2. The van der Waals surface area contributed by atoms with Gasteiger partial charge in [0.15, 0.2) is 11.6 Å². The zero-order valence-electron chi connectivity index (χ0n) is 11.7. The number of tetrazole rings is 1. The number of para-hydroxylation sites is 1. The van der Waals surface area contributed by atoms with Crippen molar-refractivity contribution in [3.63, 3.8) is 0 Å². The first-order valence-electron chi connectivity index (χ1n) is 6.90. The molecule has 2 aromatic heterocycles. The summed E-state index contributed by atoms with van der Waals surface area (Å²) in [6, 6.07) is 9.17. The van der Waals surface area contributed by atoms with Crippen LogP contribution in [0.25, 0.3) is 5.69 Å². The van der Waals surface area contributed by atoms with Gasteiger partial charge in [0.05, 0.1) is 12.3 Å². The fourth-order valence-electron chi connectivity index (χ4n) is 2.41. The van der Waals surface area contributed by atoms with Gasteiger partial charge < -0.3 is 9.30 Å². The van der Waals surface area contributed by atoms with Crippen LogP contribution in [0.4, 0.5) is 0 Å². The second-order valence-corrected chi connectivity index (χ2v) is 4.90. The summed E-state index contributed by atoms with van der Waals surface area (Å²) in [5.74, 6) is 1.45. The van der Waals surface area contributed by atoms with Crippen LogP contribution in [0.3, 0.4) is 0 Å². The van der Waals surface area contributed by atoms with Crippen LogP contribution in [0.1, 0.15) is 11.6 Å². The Balaban J connectivity index is 1.66. The lowest BCUT2D eigenvalue weighted by atomic mass is 10.3. The fraction of sp³-hybridized carbons (Fsp3) is 0.308. The van der Waals surface area contributed by atoms with Crippen LogP contribution in [0.2, 0.25) is 0 Å². The lowest BCUT2D eigenvalue weighted by molar-refractivity contribution is 0.0804. The van der Waals surface area contributed by atoms with Gasteiger partial charge in [-0.2, -0.15) is 9.36 Å². The summed E-state index contributed by atoms with van der Waals surface area (Å²) in [6.45, 7) is 1.97. The molecule has 3 heterocycles. The summed E-state index contributed by atoms with van der Waals surface area (Å²) >= 11 is 0. The summed E-state index contributed by atoms with van der Waals surface area (Å²) in [4.78, 5) is 12.4. The Hall–Kier alpha value is -2.81. The minimum absolute atomic E-state index is 0.235. The second-order valence-electron chi connectivity index (χ2n) is 4.90. The molecule has 9 nitrogen and oxygen atoms in total. The molecule has 0 fully saturated rings. The van der Waals surface area contributed by atoms with E-state index in [9.17, 15) is 4.79 Å². The fourth-order valence-corrected chi connectivity index (χ4v) is 2.41. The van der Waals surface area contributed by atoms with Gasteiger partial charge in [0.2, 0.25) is 0 Å². The van der Waals surface area contributed by atoms with E-state index in [1.54, 1.807) is 12.1 Å². The van der Waals surface area contributed by atoms with Gasteiger partial charge in [0.25, 0.3) is 0 Å². The predicted molar refractivity (Wildman–Crippen MR) is 74.4 cm³/mol. The number of benzene rings is 1. The largest absolute Gasteiger partial charge is 0.372 e. The van der Waals surface area contributed by atoms with Gasteiger partial charge in [-0.15, -0.1) is 10.2 Å². The van der Waals surface area contributed by atoms with Crippen LogP contribution in [0.5, 0.6) is 0 Å². The molecule has 0 N–H and O–H groups in total. The van der Waals surface area contributed by atoms with Gasteiger partial charge in [-0.1, -0.05) is 18.2 Å². The number of rotatable bonds is 3. The van der Waals surface area contributed by atoms with Crippen molar-refractivity contribution in [2.75, 3.05) is 6.61 Å². The quantitative estimate of drug-likeness (QED) is 0.653. The maximum absolute atomic E-state index is 12.4. The Morgan fingerprint density at radius 1 is 1.14 bits per heavy atom. The number of hydrogen-bond acceptors (Lipinski definition) is 6. The Labute approximate surface area is 124 Å². The molecule has 0 aliphatic carbocycles. The average molecular weight is 299 g/mol. The minimum atomic E-state index is -0.310. The summed E-state index contributed by atoms with van der Waals surface area (Å²) < 4.78 is 9.82. The van der Waals surface area contributed by atoms with Gasteiger partial charge in [-0.25, -0.2) is 4.79 Å². The molecule has 1 aliphatic heterocycles. The molecule has 0 unspecified atom stereocenters. The summed E-state index contributed by atoms with van der Waals surface area (Å²) in [6.07, 6.45) is 0. The highest BCUT2D eigenvalue weighted by Crippen LogP contribution is 2.09. The van der Waals surface area contributed by atoms with Gasteiger partial charge in [-0.3, -0.25) is 0 Å². The maximum atomic E-state index is 12.4. The van der Waals surface area contributed by atoms with E-state index in [4.69, 9.17) is 4.74 Å². The van der Waals surface area contributed by atoms with E-state index in [1.165, 1.54) is 9.36 Å².